The molecule has 1 amide bonds. The monoisotopic (exact) mass is 377 g/mol. The van der Waals surface area contributed by atoms with Gasteiger partial charge in [-0.1, -0.05) is 18.2 Å². The van der Waals surface area contributed by atoms with Gasteiger partial charge < -0.3 is 20.1 Å². The van der Waals surface area contributed by atoms with Gasteiger partial charge in [-0.3, -0.25) is 9.78 Å². The maximum Gasteiger partial charge on any atom is 0.253 e. The van der Waals surface area contributed by atoms with Crippen molar-refractivity contribution in [2.75, 3.05) is 39.1 Å². The summed E-state index contributed by atoms with van der Waals surface area (Å²) < 4.78 is 11.1. The van der Waals surface area contributed by atoms with E-state index < -0.39 is 0 Å². The second-order valence-corrected chi connectivity index (χ2v) is 6.97. The number of nitrogens with zero attached hydrogens (tertiary/aromatic N) is 2. The quantitative estimate of drug-likeness (QED) is 0.756. The first-order valence-corrected chi connectivity index (χ1v) is 9.31. The van der Waals surface area contributed by atoms with Gasteiger partial charge in [-0.25, -0.2) is 0 Å². The Morgan fingerprint density at radius 3 is 2.86 bits per heavy atom. The highest BCUT2D eigenvalue weighted by atomic mass is 16.6. The summed E-state index contributed by atoms with van der Waals surface area (Å²) in [6, 6.07) is 15.4. The van der Waals surface area contributed by atoms with E-state index in [2.05, 4.69) is 4.98 Å². The minimum absolute atomic E-state index is 0.0435. The van der Waals surface area contributed by atoms with Crippen molar-refractivity contribution in [2.24, 2.45) is 0 Å². The molecule has 2 heterocycles. The standard InChI is InChI=1S/C22H23N3O3/c1-25(13-18-14-27-9-10-28-18)22(26)17-4-2-3-15(11-17)16-5-6-21-19(12-16)20(23)7-8-24-21/h2-8,11-12,18H,9-10,13-14H2,1H3,(H2,23,24). The predicted octanol–water partition coefficient (Wildman–Crippen LogP) is 2.97. The highest BCUT2D eigenvalue weighted by Crippen LogP contribution is 2.27. The zero-order valence-corrected chi connectivity index (χ0v) is 15.8. The van der Waals surface area contributed by atoms with Gasteiger partial charge in [0.25, 0.3) is 5.91 Å². The summed E-state index contributed by atoms with van der Waals surface area (Å²) in [6.45, 7) is 2.20. The summed E-state index contributed by atoms with van der Waals surface area (Å²) in [6.07, 6.45) is 1.62. The molecule has 1 saturated heterocycles. The Hall–Kier alpha value is -2.96. The van der Waals surface area contributed by atoms with E-state index in [4.69, 9.17) is 15.2 Å². The van der Waals surface area contributed by atoms with E-state index in [1.54, 1.807) is 24.2 Å². The van der Waals surface area contributed by atoms with E-state index in [0.29, 0.717) is 37.6 Å². The molecule has 6 heteroatoms. The fourth-order valence-corrected chi connectivity index (χ4v) is 3.43. The number of rotatable bonds is 4. The van der Waals surface area contributed by atoms with E-state index >= 15 is 0 Å². The van der Waals surface area contributed by atoms with E-state index in [0.717, 1.165) is 22.0 Å². The van der Waals surface area contributed by atoms with E-state index in [1.165, 1.54) is 0 Å². The molecule has 1 aliphatic rings. The minimum Gasteiger partial charge on any atom is -0.398 e. The molecule has 1 unspecified atom stereocenters. The molecule has 3 aromatic rings. The Morgan fingerprint density at radius 1 is 1.18 bits per heavy atom. The number of likely N-dealkylation sites (N-methyl/N-ethyl adjacent to an activating group) is 1. The van der Waals surface area contributed by atoms with Gasteiger partial charge in [0.05, 0.1) is 31.4 Å². The maximum absolute atomic E-state index is 12.9. The molecule has 2 N–H and O–H groups in total. The van der Waals surface area contributed by atoms with E-state index in [9.17, 15) is 4.79 Å². The van der Waals surface area contributed by atoms with Crippen LogP contribution in [0.15, 0.2) is 54.7 Å². The molecule has 4 rings (SSSR count). The zero-order chi connectivity index (χ0) is 19.5. The molecule has 1 atom stereocenters. The van der Waals surface area contributed by atoms with Crippen molar-refractivity contribution in [1.82, 2.24) is 9.88 Å². The molecular formula is C22H23N3O3. The van der Waals surface area contributed by atoms with Crippen molar-refractivity contribution in [2.45, 2.75) is 6.10 Å². The topological polar surface area (TPSA) is 77.7 Å². The Bertz CT molecular complexity index is 999. The minimum atomic E-state index is -0.0816. The third-order valence-corrected chi connectivity index (χ3v) is 4.93. The Balaban J connectivity index is 1.57. The molecule has 0 bridgehead atoms. The number of nitrogens with two attached hydrogens (primary N) is 1. The predicted molar refractivity (Wildman–Crippen MR) is 109 cm³/mol. The van der Waals surface area contributed by atoms with Gasteiger partial charge in [-0.2, -0.15) is 0 Å². The highest BCUT2D eigenvalue weighted by molar-refractivity contribution is 5.97. The molecule has 0 spiro atoms. The van der Waals surface area contributed by atoms with Gasteiger partial charge in [0.1, 0.15) is 0 Å². The number of amides is 1. The fraction of sp³-hybridized carbons (Fsp3) is 0.273. The van der Waals surface area contributed by atoms with Crippen LogP contribution in [0.1, 0.15) is 10.4 Å². The molecule has 144 valence electrons. The van der Waals surface area contributed by atoms with Crippen molar-refractivity contribution in [3.8, 4) is 11.1 Å². The highest BCUT2D eigenvalue weighted by Gasteiger charge is 2.20. The molecule has 0 radical (unpaired) electrons. The van der Waals surface area contributed by atoms with Crippen LogP contribution < -0.4 is 5.73 Å². The summed E-state index contributed by atoms with van der Waals surface area (Å²) in [5.41, 5.74) is 10.2. The Morgan fingerprint density at radius 2 is 2.04 bits per heavy atom. The number of hydrogen-bond donors (Lipinski definition) is 1. The number of pyridine rings is 1. The lowest BCUT2D eigenvalue weighted by atomic mass is 10.0. The first kappa shape index (κ1) is 18.4. The van der Waals surface area contributed by atoms with Crippen LogP contribution in [0.25, 0.3) is 22.0 Å². The summed E-state index contributed by atoms with van der Waals surface area (Å²) in [5, 5.41) is 0.906. The molecule has 1 fully saturated rings. The smallest absolute Gasteiger partial charge is 0.253 e. The van der Waals surface area contributed by atoms with Crippen LogP contribution in [-0.2, 0) is 9.47 Å². The first-order valence-electron chi connectivity index (χ1n) is 9.31. The van der Waals surface area contributed by atoms with Gasteiger partial charge in [0.15, 0.2) is 0 Å². The molecule has 0 aliphatic carbocycles. The number of hydrogen-bond acceptors (Lipinski definition) is 5. The largest absolute Gasteiger partial charge is 0.398 e. The van der Waals surface area contributed by atoms with Crippen LogP contribution >= 0.6 is 0 Å². The first-order chi connectivity index (χ1) is 13.6. The third kappa shape index (κ3) is 3.83. The number of benzene rings is 2. The van der Waals surface area contributed by atoms with Crippen LogP contribution in [-0.4, -0.2) is 55.3 Å². The average Bonchev–Trinajstić information content (AvgIpc) is 2.74. The summed E-state index contributed by atoms with van der Waals surface area (Å²) in [5.74, 6) is -0.0435. The van der Waals surface area contributed by atoms with Gasteiger partial charge >= 0.3 is 0 Å². The number of ether oxygens (including phenoxy) is 2. The Labute approximate surface area is 163 Å². The molecule has 1 aromatic heterocycles. The summed E-state index contributed by atoms with van der Waals surface area (Å²) in [7, 11) is 1.79. The fourth-order valence-electron chi connectivity index (χ4n) is 3.43. The number of nitrogen functional groups attached to an aromatic ring is 1. The van der Waals surface area contributed by atoms with E-state index in [-0.39, 0.29) is 12.0 Å². The number of carbonyl (C=O) groups excluding carboxylic acids is 1. The van der Waals surface area contributed by atoms with Crippen molar-refractivity contribution < 1.29 is 14.3 Å². The SMILES string of the molecule is CN(CC1COCCO1)C(=O)c1cccc(-c2ccc3nccc(N)c3c2)c1. The molecule has 0 saturated carbocycles. The Kier molecular flexibility index (Phi) is 5.23. The van der Waals surface area contributed by atoms with Crippen molar-refractivity contribution in [1.29, 1.82) is 0 Å². The average molecular weight is 377 g/mol. The van der Waals surface area contributed by atoms with Crippen LogP contribution in [0.5, 0.6) is 0 Å². The molecule has 2 aromatic carbocycles. The van der Waals surface area contributed by atoms with Crippen molar-refractivity contribution in [3.63, 3.8) is 0 Å². The lowest BCUT2D eigenvalue weighted by Crippen LogP contribution is -2.40. The maximum atomic E-state index is 12.9. The number of anilines is 1. The van der Waals surface area contributed by atoms with Crippen LogP contribution in [0.4, 0.5) is 5.69 Å². The van der Waals surface area contributed by atoms with E-state index in [1.807, 2.05) is 42.5 Å². The second kappa shape index (κ2) is 7.96. The van der Waals surface area contributed by atoms with Gasteiger partial charge in [-0.05, 0) is 41.5 Å². The molecule has 1 aliphatic heterocycles. The van der Waals surface area contributed by atoms with Crippen LogP contribution in [0.3, 0.4) is 0 Å². The van der Waals surface area contributed by atoms with Gasteiger partial charge in [0.2, 0.25) is 0 Å². The number of carbonyl (C=O) groups is 1. The lowest BCUT2D eigenvalue weighted by molar-refractivity contribution is -0.0933. The van der Waals surface area contributed by atoms with Gasteiger partial charge in [-0.15, -0.1) is 0 Å². The second-order valence-electron chi connectivity index (χ2n) is 6.97. The van der Waals surface area contributed by atoms with Crippen LogP contribution in [0.2, 0.25) is 0 Å². The molecule has 28 heavy (non-hydrogen) atoms. The van der Waals surface area contributed by atoms with Gasteiger partial charge in [0, 0.05) is 36.4 Å². The number of fused-ring (bicyclic) bond motifs is 1. The number of aromatic nitrogens is 1. The zero-order valence-electron chi connectivity index (χ0n) is 15.8. The molecular weight excluding hydrogens is 354 g/mol. The van der Waals surface area contributed by atoms with Crippen molar-refractivity contribution >= 4 is 22.5 Å². The molecule has 6 nitrogen and oxygen atoms in total. The third-order valence-electron chi connectivity index (χ3n) is 4.93. The summed E-state index contributed by atoms with van der Waals surface area (Å²) >= 11 is 0. The van der Waals surface area contributed by atoms with Crippen molar-refractivity contribution in [3.05, 3.63) is 60.3 Å². The van der Waals surface area contributed by atoms with Crippen LogP contribution in [0, 0.1) is 0 Å². The summed E-state index contributed by atoms with van der Waals surface area (Å²) in [4.78, 5) is 18.9. The lowest BCUT2D eigenvalue weighted by Gasteiger charge is -2.27. The normalized spacial score (nSPS) is 16.8.